The van der Waals surface area contributed by atoms with Crippen molar-refractivity contribution < 1.29 is 13.2 Å². The fraction of sp³-hybridized carbons (Fsp3) is 0.417. The molecule has 6 N–H and O–H groups in total. The van der Waals surface area contributed by atoms with Crippen molar-refractivity contribution in [2.24, 2.45) is 5.14 Å². The van der Waals surface area contributed by atoms with Gasteiger partial charge in [-0.05, 0) is 24.6 Å². The highest BCUT2D eigenvalue weighted by Gasteiger charge is 2.10. The van der Waals surface area contributed by atoms with Crippen LogP contribution in [0.3, 0.4) is 0 Å². The first-order valence-electron chi connectivity index (χ1n) is 6.27. The van der Waals surface area contributed by atoms with Gasteiger partial charge in [0.05, 0.1) is 16.3 Å². The zero-order valence-corrected chi connectivity index (χ0v) is 12.2. The predicted octanol–water partition coefficient (Wildman–Crippen LogP) is 0.244. The molecule has 1 aromatic rings. The SMILES string of the molecule is CCCNC(=O)CCNc1ccc(S(N)(=O)=O)cc1N. The number of hydrogen-bond acceptors (Lipinski definition) is 5. The first kappa shape index (κ1) is 16.3. The minimum atomic E-state index is -3.76. The largest absolute Gasteiger partial charge is 0.397 e. The third-order valence-electron chi connectivity index (χ3n) is 2.59. The normalized spacial score (nSPS) is 11.1. The van der Waals surface area contributed by atoms with Crippen LogP contribution in [-0.2, 0) is 14.8 Å². The number of hydrogen-bond donors (Lipinski definition) is 4. The van der Waals surface area contributed by atoms with Gasteiger partial charge in [-0.25, -0.2) is 13.6 Å². The molecule has 0 aliphatic heterocycles. The summed E-state index contributed by atoms with van der Waals surface area (Å²) in [7, 11) is -3.76. The van der Waals surface area contributed by atoms with E-state index in [2.05, 4.69) is 10.6 Å². The van der Waals surface area contributed by atoms with Crippen molar-refractivity contribution in [1.29, 1.82) is 0 Å². The molecule has 8 heteroatoms. The summed E-state index contributed by atoms with van der Waals surface area (Å²) in [6, 6.07) is 4.18. The molecule has 0 spiro atoms. The topological polar surface area (TPSA) is 127 Å². The van der Waals surface area contributed by atoms with Crippen molar-refractivity contribution in [1.82, 2.24) is 5.32 Å². The number of rotatable bonds is 7. The third kappa shape index (κ3) is 5.06. The first-order chi connectivity index (χ1) is 9.34. The lowest BCUT2D eigenvalue weighted by Gasteiger charge is -2.10. The molecule has 0 aliphatic rings. The van der Waals surface area contributed by atoms with E-state index in [-0.39, 0.29) is 16.5 Å². The third-order valence-corrected chi connectivity index (χ3v) is 3.50. The Morgan fingerprint density at radius 3 is 2.55 bits per heavy atom. The van der Waals surface area contributed by atoms with Gasteiger partial charge in [0.2, 0.25) is 15.9 Å². The summed E-state index contributed by atoms with van der Waals surface area (Å²) in [5, 5.41) is 10.7. The van der Waals surface area contributed by atoms with Gasteiger partial charge in [0.25, 0.3) is 0 Å². The molecule has 0 aromatic heterocycles. The Balaban J connectivity index is 2.55. The minimum Gasteiger partial charge on any atom is -0.397 e. The summed E-state index contributed by atoms with van der Waals surface area (Å²) in [5.74, 6) is -0.0425. The average Bonchev–Trinajstić information content (AvgIpc) is 2.37. The fourth-order valence-electron chi connectivity index (χ4n) is 1.54. The molecular formula is C12H20N4O3S. The van der Waals surface area contributed by atoms with Gasteiger partial charge in [-0.2, -0.15) is 0 Å². The van der Waals surface area contributed by atoms with Crippen LogP contribution in [0.25, 0.3) is 0 Å². The number of sulfonamides is 1. The Bertz CT molecular complexity index is 572. The molecule has 7 nitrogen and oxygen atoms in total. The van der Waals surface area contributed by atoms with Gasteiger partial charge >= 0.3 is 0 Å². The smallest absolute Gasteiger partial charge is 0.238 e. The average molecular weight is 300 g/mol. The lowest BCUT2D eigenvalue weighted by molar-refractivity contribution is -0.120. The fourth-order valence-corrected chi connectivity index (χ4v) is 2.09. The molecule has 0 unspecified atom stereocenters. The van der Waals surface area contributed by atoms with E-state index in [1.807, 2.05) is 6.92 Å². The number of nitrogens with one attached hydrogen (secondary N) is 2. The Kier molecular flexibility index (Phi) is 5.78. The van der Waals surface area contributed by atoms with E-state index < -0.39 is 10.0 Å². The molecule has 1 aromatic carbocycles. The molecule has 0 aliphatic carbocycles. The number of anilines is 2. The number of carbonyl (C=O) groups is 1. The Morgan fingerprint density at radius 2 is 2.00 bits per heavy atom. The van der Waals surface area contributed by atoms with Crippen LogP contribution in [0.5, 0.6) is 0 Å². The number of amides is 1. The molecular weight excluding hydrogens is 280 g/mol. The standard InChI is InChI=1S/C12H20N4O3S/c1-2-6-16-12(17)5-7-15-11-4-3-9(8-10(11)13)20(14,18)19/h3-4,8,15H,2,5-7,13H2,1H3,(H,16,17)(H2,14,18,19). The maximum absolute atomic E-state index is 11.4. The number of primary sulfonamides is 1. The van der Waals surface area contributed by atoms with Gasteiger partial charge in [-0.3, -0.25) is 4.79 Å². The molecule has 0 saturated carbocycles. The van der Waals surface area contributed by atoms with Crippen LogP contribution in [0.15, 0.2) is 23.1 Å². The quantitative estimate of drug-likeness (QED) is 0.537. The van der Waals surface area contributed by atoms with Crippen LogP contribution in [0.2, 0.25) is 0 Å². The summed E-state index contributed by atoms with van der Waals surface area (Å²) in [5.41, 5.74) is 6.57. The van der Waals surface area contributed by atoms with Crippen LogP contribution in [-0.4, -0.2) is 27.4 Å². The van der Waals surface area contributed by atoms with Crippen LogP contribution >= 0.6 is 0 Å². The molecule has 0 fully saturated rings. The van der Waals surface area contributed by atoms with E-state index in [1.165, 1.54) is 18.2 Å². The molecule has 0 heterocycles. The molecule has 112 valence electrons. The zero-order valence-electron chi connectivity index (χ0n) is 11.3. The highest BCUT2D eigenvalue weighted by molar-refractivity contribution is 7.89. The van der Waals surface area contributed by atoms with E-state index in [0.29, 0.717) is 25.2 Å². The Hall–Kier alpha value is -1.80. The van der Waals surface area contributed by atoms with Crippen LogP contribution in [0, 0.1) is 0 Å². The summed E-state index contributed by atoms with van der Waals surface area (Å²) in [6.07, 6.45) is 1.21. The van der Waals surface area contributed by atoms with Crippen molar-refractivity contribution in [2.45, 2.75) is 24.7 Å². The second kappa shape index (κ2) is 7.11. The molecule has 0 bridgehead atoms. The molecule has 0 atom stereocenters. The minimum absolute atomic E-state index is 0.0405. The van der Waals surface area contributed by atoms with Crippen LogP contribution < -0.4 is 21.5 Å². The molecule has 0 saturated heterocycles. The van der Waals surface area contributed by atoms with Gasteiger partial charge in [-0.1, -0.05) is 6.92 Å². The van der Waals surface area contributed by atoms with Gasteiger partial charge in [0, 0.05) is 19.5 Å². The monoisotopic (exact) mass is 300 g/mol. The van der Waals surface area contributed by atoms with Crippen LogP contribution in [0.1, 0.15) is 19.8 Å². The van der Waals surface area contributed by atoms with Gasteiger partial charge in [0.15, 0.2) is 0 Å². The zero-order chi connectivity index (χ0) is 15.2. The second-order valence-corrected chi connectivity index (χ2v) is 5.88. The van der Waals surface area contributed by atoms with E-state index in [0.717, 1.165) is 6.42 Å². The van der Waals surface area contributed by atoms with Crippen molar-refractivity contribution in [3.05, 3.63) is 18.2 Å². The van der Waals surface area contributed by atoms with Crippen molar-refractivity contribution in [2.75, 3.05) is 24.1 Å². The summed E-state index contributed by atoms with van der Waals surface area (Å²) >= 11 is 0. The second-order valence-electron chi connectivity index (χ2n) is 4.32. The Morgan fingerprint density at radius 1 is 1.30 bits per heavy atom. The lowest BCUT2D eigenvalue weighted by atomic mass is 10.2. The summed E-state index contributed by atoms with van der Waals surface area (Å²) in [4.78, 5) is 11.3. The summed E-state index contributed by atoms with van der Waals surface area (Å²) < 4.78 is 22.3. The van der Waals surface area contributed by atoms with Crippen molar-refractivity contribution in [3.63, 3.8) is 0 Å². The Labute approximate surface area is 118 Å². The number of nitrogens with two attached hydrogens (primary N) is 2. The first-order valence-corrected chi connectivity index (χ1v) is 7.82. The van der Waals surface area contributed by atoms with Gasteiger partial charge in [0.1, 0.15) is 0 Å². The molecule has 20 heavy (non-hydrogen) atoms. The maximum Gasteiger partial charge on any atom is 0.238 e. The number of nitrogen functional groups attached to an aromatic ring is 1. The number of benzene rings is 1. The van der Waals surface area contributed by atoms with E-state index in [4.69, 9.17) is 10.9 Å². The molecule has 0 radical (unpaired) electrons. The van der Waals surface area contributed by atoms with Gasteiger partial charge in [-0.15, -0.1) is 0 Å². The van der Waals surface area contributed by atoms with E-state index in [1.54, 1.807) is 0 Å². The van der Waals surface area contributed by atoms with E-state index >= 15 is 0 Å². The lowest BCUT2D eigenvalue weighted by Crippen LogP contribution is -2.26. The highest BCUT2D eigenvalue weighted by atomic mass is 32.2. The number of carbonyl (C=O) groups excluding carboxylic acids is 1. The highest BCUT2D eigenvalue weighted by Crippen LogP contribution is 2.21. The van der Waals surface area contributed by atoms with Crippen molar-refractivity contribution in [3.8, 4) is 0 Å². The maximum atomic E-state index is 11.4. The molecule has 1 rings (SSSR count). The summed E-state index contributed by atoms with van der Waals surface area (Å²) in [6.45, 7) is 3.05. The van der Waals surface area contributed by atoms with Crippen LogP contribution in [0.4, 0.5) is 11.4 Å². The van der Waals surface area contributed by atoms with E-state index in [9.17, 15) is 13.2 Å². The predicted molar refractivity (Wildman–Crippen MR) is 78.6 cm³/mol. The van der Waals surface area contributed by atoms with Gasteiger partial charge < -0.3 is 16.4 Å². The molecule has 1 amide bonds. The van der Waals surface area contributed by atoms with Crippen molar-refractivity contribution >= 4 is 27.3 Å².